The van der Waals surface area contributed by atoms with E-state index in [9.17, 15) is 0 Å². The van der Waals surface area contributed by atoms with Crippen LogP contribution in [-0.4, -0.2) is 12.1 Å². The molecular weight excluding hydrogens is 238 g/mol. The Hall–Kier alpha value is -0.340. The summed E-state index contributed by atoms with van der Waals surface area (Å²) in [6.07, 6.45) is 1.22. The van der Waals surface area contributed by atoms with Gasteiger partial charge in [0, 0.05) is 16.6 Å². The fourth-order valence-electron chi connectivity index (χ4n) is 2.19. The van der Waals surface area contributed by atoms with Gasteiger partial charge in [0.05, 0.1) is 0 Å². The molecular formula is C12H16BrN. The highest BCUT2D eigenvalue weighted by molar-refractivity contribution is 9.10. The zero-order valence-corrected chi connectivity index (χ0v) is 10.3. The van der Waals surface area contributed by atoms with Crippen molar-refractivity contribution in [1.29, 1.82) is 0 Å². The molecule has 0 spiro atoms. The zero-order valence-electron chi connectivity index (χ0n) is 8.68. The lowest BCUT2D eigenvalue weighted by molar-refractivity contribution is 0.456. The van der Waals surface area contributed by atoms with E-state index in [4.69, 9.17) is 0 Å². The molecule has 2 heteroatoms. The van der Waals surface area contributed by atoms with E-state index in [1.807, 2.05) is 0 Å². The molecule has 1 fully saturated rings. The van der Waals surface area contributed by atoms with Crippen molar-refractivity contribution in [2.45, 2.75) is 31.7 Å². The van der Waals surface area contributed by atoms with Gasteiger partial charge in [-0.25, -0.2) is 0 Å². The molecule has 2 rings (SSSR count). The van der Waals surface area contributed by atoms with Gasteiger partial charge in [0.15, 0.2) is 0 Å². The lowest BCUT2D eigenvalue weighted by atomic mass is 9.91. The lowest BCUT2D eigenvalue weighted by Crippen LogP contribution is -2.31. The number of halogens is 1. The minimum atomic E-state index is 0.292. The van der Waals surface area contributed by atoms with Crippen LogP contribution in [0.4, 0.5) is 0 Å². The van der Waals surface area contributed by atoms with Crippen LogP contribution in [0, 0.1) is 0 Å². The minimum Gasteiger partial charge on any atom is -0.311 e. The molecule has 1 atom stereocenters. The van der Waals surface area contributed by atoms with Gasteiger partial charge in [-0.05, 0) is 37.8 Å². The van der Waals surface area contributed by atoms with Crippen molar-refractivity contribution in [2.75, 3.05) is 6.54 Å². The molecule has 76 valence electrons. The summed E-state index contributed by atoms with van der Waals surface area (Å²) in [6, 6.07) is 8.53. The Morgan fingerprint density at radius 2 is 2.07 bits per heavy atom. The highest BCUT2D eigenvalue weighted by Gasteiger charge is 2.31. The van der Waals surface area contributed by atoms with Crippen LogP contribution < -0.4 is 5.32 Å². The Kier molecular flexibility index (Phi) is 2.67. The maximum atomic E-state index is 3.62. The normalized spacial score (nSPS) is 25.2. The van der Waals surface area contributed by atoms with Crippen LogP contribution in [0.15, 0.2) is 28.7 Å². The third-order valence-corrected chi connectivity index (χ3v) is 3.65. The van der Waals surface area contributed by atoms with Gasteiger partial charge >= 0.3 is 0 Å². The topological polar surface area (TPSA) is 12.0 Å². The molecule has 1 N–H and O–H groups in total. The quantitative estimate of drug-likeness (QED) is 0.810. The predicted molar refractivity (Wildman–Crippen MR) is 63.6 cm³/mol. The Bertz CT molecular complexity index is 333. The van der Waals surface area contributed by atoms with Crippen molar-refractivity contribution >= 4 is 15.9 Å². The first-order valence-corrected chi connectivity index (χ1v) is 5.87. The van der Waals surface area contributed by atoms with Gasteiger partial charge in [0.25, 0.3) is 0 Å². The first kappa shape index (κ1) is 10.2. The van der Waals surface area contributed by atoms with Crippen LogP contribution in [0.1, 0.15) is 31.7 Å². The van der Waals surface area contributed by atoms with Crippen molar-refractivity contribution in [3.8, 4) is 0 Å². The van der Waals surface area contributed by atoms with Crippen molar-refractivity contribution in [2.24, 2.45) is 0 Å². The van der Waals surface area contributed by atoms with E-state index < -0.39 is 0 Å². The summed E-state index contributed by atoms with van der Waals surface area (Å²) in [5.74, 6) is 0.653. The smallest absolute Gasteiger partial charge is 0.0210 e. The average Bonchev–Trinajstić information content (AvgIpc) is 2.47. The monoisotopic (exact) mass is 253 g/mol. The van der Waals surface area contributed by atoms with E-state index in [0.717, 1.165) is 6.54 Å². The van der Waals surface area contributed by atoms with Crippen molar-refractivity contribution < 1.29 is 0 Å². The second kappa shape index (κ2) is 3.67. The van der Waals surface area contributed by atoms with Crippen LogP contribution in [-0.2, 0) is 0 Å². The SMILES string of the molecule is CC1(C)CC(c2ccccc2Br)CN1. The number of nitrogens with one attached hydrogen (secondary N) is 1. The summed E-state index contributed by atoms with van der Waals surface area (Å²) in [5.41, 5.74) is 1.73. The summed E-state index contributed by atoms with van der Waals surface area (Å²) in [7, 11) is 0. The zero-order chi connectivity index (χ0) is 10.2. The maximum absolute atomic E-state index is 3.62. The fourth-order valence-corrected chi connectivity index (χ4v) is 2.79. The van der Waals surface area contributed by atoms with Crippen molar-refractivity contribution in [3.05, 3.63) is 34.3 Å². The maximum Gasteiger partial charge on any atom is 0.0210 e. The molecule has 1 saturated heterocycles. The lowest BCUT2D eigenvalue weighted by Gasteiger charge is -2.17. The average molecular weight is 254 g/mol. The molecule has 0 amide bonds. The van der Waals surface area contributed by atoms with Gasteiger partial charge in [0.2, 0.25) is 0 Å². The van der Waals surface area contributed by atoms with E-state index >= 15 is 0 Å². The highest BCUT2D eigenvalue weighted by atomic mass is 79.9. The van der Waals surface area contributed by atoms with Gasteiger partial charge in [-0.1, -0.05) is 34.1 Å². The van der Waals surface area contributed by atoms with Gasteiger partial charge in [-0.3, -0.25) is 0 Å². The van der Waals surface area contributed by atoms with Crippen LogP contribution >= 0.6 is 15.9 Å². The molecule has 1 heterocycles. The molecule has 1 aromatic rings. The summed E-state index contributed by atoms with van der Waals surface area (Å²) in [4.78, 5) is 0. The molecule has 0 aromatic heterocycles. The van der Waals surface area contributed by atoms with Crippen LogP contribution in [0.25, 0.3) is 0 Å². The number of benzene rings is 1. The van der Waals surface area contributed by atoms with Gasteiger partial charge in [-0.15, -0.1) is 0 Å². The second-order valence-electron chi connectivity index (χ2n) is 4.69. The molecule has 0 radical (unpaired) electrons. The van der Waals surface area contributed by atoms with Gasteiger partial charge in [-0.2, -0.15) is 0 Å². The Balaban J connectivity index is 2.22. The Morgan fingerprint density at radius 3 is 2.64 bits per heavy atom. The molecule has 1 nitrogen and oxygen atoms in total. The molecule has 14 heavy (non-hydrogen) atoms. The molecule has 1 aliphatic rings. The van der Waals surface area contributed by atoms with E-state index in [-0.39, 0.29) is 0 Å². The third kappa shape index (κ3) is 2.01. The van der Waals surface area contributed by atoms with Crippen molar-refractivity contribution in [3.63, 3.8) is 0 Å². The van der Waals surface area contributed by atoms with E-state index in [1.165, 1.54) is 16.5 Å². The van der Waals surface area contributed by atoms with E-state index in [0.29, 0.717) is 11.5 Å². The molecule has 1 aliphatic heterocycles. The molecule has 0 aliphatic carbocycles. The summed E-state index contributed by atoms with van der Waals surface area (Å²) >= 11 is 3.62. The largest absolute Gasteiger partial charge is 0.311 e. The van der Waals surface area contributed by atoms with Crippen molar-refractivity contribution in [1.82, 2.24) is 5.32 Å². The first-order valence-electron chi connectivity index (χ1n) is 5.08. The standard InChI is InChI=1S/C12H16BrN/c1-12(2)7-9(8-14-12)10-5-3-4-6-11(10)13/h3-6,9,14H,7-8H2,1-2H3. The number of hydrogen-bond donors (Lipinski definition) is 1. The van der Waals surface area contributed by atoms with E-state index in [1.54, 1.807) is 0 Å². The number of rotatable bonds is 1. The molecule has 0 bridgehead atoms. The molecule has 1 aromatic carbocycles. The van der Waals surface area contributed by atoms with Gasteiger partial charge in [0.1, 0.15) is 0 Å². The fraction of sp³-hybridized carbons (Fsp3) is 0.500. The Morgan fingerprint density at radius 1 is 1.36 bits per heavy atom. The number of hydrogen-bond acceptors (Lipinski definition) is 1. The first-order chi connectivity index (χ1) is 6.58. The summed E-state index contributed by atoms with van der Waals surface area (Å²) in [5, 5.41) is 3.55. The Labute approximate surface area is 94.0 Å². The third-order valence-electron chi connectivity index (χ3n) is 2.93. The highest BCUT2D eigenvalue weighted by Crippen LogP contribution is 2.34. The van der Waals surface area contributed by atoms with Crippen LogP contribution in [0.3, 0.4) is 0 Å². The van der Waals surface area contributed by atoms with E-state index in [2.05, 4.69) is 59.4 Å². The summed E-state index contributed by atoms with van der Waals surface area (Å²) < 4.78 is 1.24. The predicted octanol–water partition coefficient (Wildman–Crippen LogP) is 3.30. The minimum absolute atomic E-state index is 0.292. The molecule has 1 unspecified atom stereocenters. The molecule has 0 saturated carbocycles. The van der Waals surface area contributed by atoms with Gasteiger partial charge < -0.3 is 5.32 Å². The second-order valence-corrected chi connectivity index (χ2v) is 5.54. The van der Waals surface area contributed by atoms with Crippen LogP contribution in [0.2, 0.25) is 0 Å². The summed E-state index contributed by atoms with van der Waals surface area (Å²) in [6.45, 7) is 5.63. The van der Waals surface area contributed by atoms with Crippen LogP contribution in [0.5, 0.6) is 0 Å².